The molecule has 0 bridgehead atoms. The molecule has 0 aromatic rings. The monoisotopic (exact) mass is 313 g/mol. The van der Waals surface area contributed by atoms with Gasteiger partial charge in [-0.2, -0.15) is 0 Å². The van der Waals surface area contributed by atoms with Crippen molar-refractivity contribution in [2.24, 2.45) is 11.7 Å². The minimum atomic E-state index is -0.555. The first-order valence-electron chi connectivity index (χ1n) is 7.69. The molecule has 1 aliphatic heterocycles. The highest BCUT2D eigenvalue weighted by molar-refractivity contribution is 5.91. The van der Waals surface area contributed by atoms with Gasteiger partial charge in [-0.3, -0.25) is 14.4 Å². The van der Waals surface area contributed by atoms with E-state index in [9.17, 15) is 14.4 Å². The second-order valence-corrected chi connectivity index (χ2v) is 6.15. The van der Waals surface area contributed by atoms with Crippen LogP contribution in [0.15, 0.2) is 0 Å². The third kappa shape index (κ3) is 6.11. The Morgan fingerprint density at radius 3 is 2.73 bits per heavy atom. The van der Waals surface area contributed by atoms with Crippen LogP contribution in [0.4, 0.5) is 0 Å². The predicted molar refractivity (Wildman–Crippen MR) is 82.1 cm³/mol. The molecule has 1 aliphatic rings. The van der Waals surface area contributed by atoms with Gasteiger partial charge in [-0.25, -0.2) is 0 Å². The first kappa shape index (κ1) is 18.6. The highest BCUT2D eigenvalue weighted by Gasteiger charge is 2.36. The van der Waals surface area contributed by atoms with Gasteiger partial charge >= 0.3 is 0 Å². The van der Waals surface area contributed by atoms with E-state index in [0.717, 1.165) is 6.54 Å². The van der Waals surface area contributed by atoms with Crippen molar-refractivity contribution >= 4 is 17.6 Å². The Hall–Kier alpha value is -1.47. The number of rotatable bonds is 9. The number of nitrogens with one attached hydrogen (secondary N) is 1. The van der Waals surface area contributed by atoms with Gasteiger partial charge in [-0.05, 0) is 33.4 Å². The second-order valence-electron chi connectivity index (χ2n) is 6.15. The standard InChI is InChI=1S/C15H27N3O4/c1-10(15(16)21)5-4-6-13(20)17-14-11(19)9-22-12(14)7-8-18(2)3/h10,12,14H,4-9H2,1-3H3,(H2,16,21)(H,17,20). The molecule has 0 spiro atoms. The van der Waals surface area contributed by atoms with E-state index < -0.39 is 6.04 Å². The number of hydrogen-bond donors (Lipinski definition) is 2. The van der Waals surface area contributed by atoms with Crippen molar-refractivity contribution in [1.82, 2.24) is 10.2 Å². The number of carbonyl (C=O) groups excluding carboxylic acids is 3. The van der Waals surface area contributed by atoms with Gasteiger partial charge in [0.15, 0.2) is 5.78 Å². The zero-order valence-corrected chi connectivity index (χ0v) is 13.6. The van der Waals surface area contributed by atoms with Gasteiger partial charge < -0.3 is 20.7 Å². The zero-order valence-electron chi connectivity index (χ0n) is 13.6. The van der Waals surface area contributed by atoms with Crippen LogP contribution in [0.5, 0.6) is 0 Å². The third-order valence-corrected chi connectivity index (χ3v) is 3.86. The molecule has 22 heavy (non-hydrogen) atoms. The van der Waals surface area contributed by atoms with Gasteiger partial charge in [0.1, 0.15) is 12.6 Å². The predicted octanol–water partition coefficient (Wildman–Crippen LogP) is -0.317. The maximum absolute atomic E-state index is 11.9. The number of hydrogen-bond acceptors (Lipinski definition) is 5. The lowest BCUT2D eigenvalue weighted by Gasteiger charge is -2.20. The van der Waals surface area contributed by atoms with E-state index in [1.807, 2.05) is 19.0 Å². The van der Waals surface area contributed by atoms with Crippen LogP contribution in [0, 0.1) is 5.92 Å². The van der Waals surface area contributed by atoms with Crippen LogP contribution in [0.25, 0.3) is 0 Å². The van der Waals surface area contributed by atoms with Crippen molar-refractivity contribution in [2.45, 2.75) is 44.8 Å². The minimum absolute atomic E-state index is 0.0573. The smallest absolute Gasteiger partial charge is 0.220 e. The van der Waals surface area contributed by atoms with E-state index >= 15 is 0 Å². The highest BCUT2D eigenvalue weighted by Crippen LogP contribution is 2.15. The average molecular weight is 313 g/mol. The minimum Gasteiger partial charge on any atom is -0.369 e. The van der Waals surface area contributed by atoms with Gasteiger partial charge in [0, 0.05) is 18.9 Å². The van der Waals surface area contributed by atoms with E-state index in [4.69, 9.17) is 10.5 Å². The largest absolute Gasteiger partial charge is 0.369 e. The number of amides is 2. The van der Waals surface area contributed by atoms with E-state index in [0.29, 0.717) is 19.3 Å². The molecule has 3 atom stereocenters. The summed E-state index contributed by atoms with van der Waals surface area (Å²) >= 11 is 0. The van der Waals surface area contributed by atoms with Gasteiger partial charge in [-0.15, -0.1) is 0 Å². The summed E-state index contributed by atoms with van der Waals surface area (Å²) in [5.74, 6) is -0.862. The number of primary amides is 1. The van der Waals surface area contributed by atoms with Crippen molar-refractivity contribution in [3.63, 3.8) is 0 Å². The highest BCUT2D eigenvalue weighted by atomic mass is 16.5. The summed E-state index contributed by atoms with van der Waals surface area (Å²) in [4.78, 5) is 36.7. The second kappa shape index (κ2) is 8.85. The summed E-state index contributed by atoms with van der Waals surface area (Å²) in [6.45, 7) is 2.59. The molecule has 1 heterocycles. The Labute approximate surface area is 131 Å². The summed E-state index contributed by atoms with van der Waals surface area (Å²) in [5.41, 5.74) is 5.17. The molecule has 0 radical (unpaired) electrons. The molecule has 7 heteroatoms. The number of Topliss-reactive ketones (excluding diaryl/α,β-unsaturated/α-hetero) is 1. The molecule has 126 valence electrons. The summed E-state index contributed by atoms with van der Waals surface area (Å²) in [5, 5.41) is 2.76. The zero-order chi connectivity index (χ0) is 16.7. The molecule has 0 saturated carbocycles. The van der Waals surface area contributed by atoms with Crippen LogP contribution in [-0.4, -0.2) is 61.9 Å². The molecule has 0 aliphatic carbocycles. The van der Waals surface area contributed by atoms with Gasteiger partial charge in [0.25, 0.3) is 0 Å². The summed E-state index contributed by atoms with van der Waals surface area (Å²) in [6.07, 6.45) is 1.86. The molecule has 0 aromatic carbocycles. The summed E-state index contributed by atoms with van der Waals surface area (Å²) in [6, 6.07) is -0.555. The number of carbonyl (C=O) groups is 3. The van der Waals surface area contributed by atoms with Crippen molar-refractivity contribution in [3.8, 4) is 0 Å². The topological polar surface area (TPSA) is 102 Å². The van der Waals surface area contributed by atoms with E-state index in [1.165, 1.54) is 0 Å². The molecule has 2 amide bonds. The van der Waals surface area contributed by atoms with Gasteiger partial charge in [0.05, 0.1) is 6.10 Å². The van der Waals surface area contributed by atoms with Crippen molar-refractivity contribution in [1.29, 1.82) is 0 Å². The van der Waals surface area contributed by atoms with Crippen LogP contribution in [0.3, 0.4) is 0 Å². The number of nitrogens with zero attached hydrogens (tertiary/aromatic N) is 1. The molecule has 3 N–H and O–H groups in total. The maximum Gasteiger partial charge on any atom is 0.220 e. The first-order chi connectivity index (χ1) is 10.3. The normalized spacial score (nSPS) is 22.8. The fourth-order valence-corrected chi connectivity index (χ4v) is 2.35. The molecule has 0 aromatic heterocycles. The third-order valence-electron chi connectivity index (χ3n) is 3.86. The van der Waals surface area contributed by atoms with Crippen LogP contribution < -0.4 is 11.1 Å². The maximum atomic E-state index is 11.9. The molecular weight excluding hydrogens is 286 g/mol. The first-order valence-corrected chi connectivity index (χ1v) is 7.69. The van der Waals surface area contributed by atoms with E-state index in [1.54, 1.807) is 6.92 Å². The van der Waals surface area contributed by atoms with Crippen LogP contribution in [0.1, 0.15) is 32.6 Å². The van der Waals surface area contributed by atoms with Gasteiger partial charge in [-0.1, -0.05) is 6.92 Å². The van der Waals surface area contributed by atoms with Gasteiger partial charge in [0.2, 0.25) is 11.8 Å². The molecule has 1 rings (SSSR count). The summed E-state index contributed by atoms with van der Waals surface area (Å²) < 4.78 is 5.45. The number of ketones is 1. The van der Waals surface area contributed by atoms with E-state index in [-0.39, 0.29) is 42.6 Å². The Morgan fingerprint density at radius 1 is 1.45 bits per heavy atom. The van der Waals surface area contributed by atoms with Crippen molar-refractivity contribution in [3.05, 3.63) is 0 Å². The average Bonchev–Trinajstić information content (AvgIpc) is 2.77. The fourth-order valence-electron chi connectivity index (χ4n) is 2.35. The lowest BCUT2D eigenvalue weighted by molar-refractivity contribution is -0.126. The van der Waals surface area contributed by atoms with Crippen LogP contribution >= 0.6 is 0 Å². The molecule has 7 nitrogen and oxygen atoms in total. The lowest BCUT2D eigenvalue weighted by Crippen LogP contribution is -2.45. The molecular formula is C15H27N3O4. The SMILES string of the molecule is CC(CCCC(=O)NC1C(=O)COC1CCN(C)C)C(N)=O. The fraction of sp³-hybridized carbons (Fsp3) is 0.800. The summed E-state index contributed by atoms with van der Waals surface area (Å²) in [7, 11) is 3.90. The Bertz CT molecular complexity index is 412. The quantitative estimate of drug-likeness (QED) is 0.607. The Balaban J connectivity index is 2.37. The molecule has 1 saturated heterocycles. The number of ether oxygens (including phenoxy) is 1. The van der Waals surface area contributed by atoms with E-state index in [2.05, 4.69) is 5.32 Å². The van der Waals surface area contributed by atoms with Crippen molar-refractivity contribution in [2.75, 3.05) is 27.2 Å². The van der Waals surface area contributed by atoms with Crippen molar-refractivity contribution < 1.29 is 19.1 Å². The molecule has 1 fully saturated rings. The van der Waals surface area contributed by atoms with Crippen LogP contribution in [-0.2, 0) is 19.1 Å². The Morgan fingerprint density at radius 2 is 2.14 bits per heavy atom. The number of nitrogens with two attached hydrogens (primary N) is 1. The van der Waals surface area contributed by atoms with Crippen LogP contribution in [0.2, 0.25) is 0 Å². The Kier molecular flexibility index (Phi) is 7.47. The molecule has 3 unspecified atom stereocenters. The lowest BCUT2D eigenvalue weighted by atomic mass is 10.0.